The number of rotatable bonds is 6. The number of para-hydroxylation sites is 1. The molecule has 140 valence electrons. The number of nitrogens with one attached hydrogen (secondary N) is 2. The minimum atomic E-state index is -0.243. The lowest BCUT2D eigenvalue weighted by Crippen LogP contribution is -2.25. The normalized spacial score (nSPS) is 11.0. The van der Waals surface area contributed by atoms with E-state index in [1.165, 1.54) is 0 Å². The zero-order chi connectivity index (χ0) is 19.8. The van der Waals surface area contributed by atoms with E-state index in [-0.39, 0.29) is 11.8 Å². The van der Waals surface area contributed by atoms with E-state index in [1.807, 2.05) is 66.7 Å². The number of anilines is 1. The molecule has 0 aliphatic heterocycles. The molecule has 0 fully saturated rings. The fourth-order valence-corrected chi connectivity index (χ4v) is 2.75. The second-order valence-corrected chi connectivity index (χ2v) is 6.41. The summed E-state index contributed by atoms with van der Waals surface area (Å²) in [6.07, 6.45) is 1.81. The summed E-state index contributed by atoms with van der Waals surface area (Å²) in [6.45, 7) is 2.18. The van der Waals surface area contributed by atoms with Crippen molar-refractivity contribution in [3.8, 4) is 0 Å². The summed E-state index contributed by atoms with van der Waals surface area (Å²) in [4.78, 5) is 25.2. The van der Waals surface area contributed by atoms with Crippen molar-refractivity contribution in [2.45, 2.75) is 13.5 Å². The van der Waals surface area contributed by atoms with E-state index in [2.05, 4.69) is 10.6 Å². The lowest BCUT2D eigenvalue weighted by atomic mass is 10.1. The summed E-state index contributed by atoms with van der Waals surface area (Å²) < 4.78 is 0. The van der Waals surface area contributed by atoms with Gasteiger partial charge in [-0.3, -0.25) is 9.59 Å². The Kier molecular flexibility index (Phi) is 6.37. The van der Waals surface area contributed by atoms with Crippen LogP contribution in [-0.4, -0.2) is 11.8 Å². The molecule has 0 aliphatic carbocycles. The topological polar surface area (TPSA) is 58.2 Å². The molecule has 0 atom stereocenters. The molecule has 4 nitrogen and oxygen atoms in total. The second kappa shape index (κ2) is 9.33. The molecule has 0 aliphatic rings. The standard InChI is InChI=1S/C24H22N2O2/c1-18(16-19-10-4-2-5-11-19)23(27)26-22-15-9-8-14-21(22)24(28)25-17-20-12-6-3-7-13-20/h2-16H,17H2,1H3,(H,25,28)(H,26,27)/b18-16+. The molecule has 0 spiro atoms. The van der Waals surface area contributed by atoms with Gasteiger partial charge in [0.15, 0.2) is 0 Å². The average Bonchev–Trinajstić information content (AvgIpc) is 2.74. The van der Waals surface area contributed by atoms with Crippen molar-refractivity contribution in [3.05, 3.63) is 107 Å². The van der Waals surface area contributed by atoms with E-state index in [4.69, 9.17) is 0 Å². The van der Waals surface area contributed by atoms with Gasteiger partial charge in [0.1, 0.15) is 0 Å². The SMILES string of the molecule is C/C(=C\c1ccccc1)C(=O)Nc1ccccc1C(=O)NCc1ccccc1. The predicted molar refractivity (Wildman–Crippen MR) is 113 cm³/mol. The number of benzene rings is 3. The molecular formula is C24H22N2O2. The van der Waals surface area contributed by atoms with Gasteiger partial charge in [0.05, 0.1) is 11.3 Å². The fraction of sp³-hybridized carbons (Fsp3) is 0.0833. The third kappa shape index (κ3) is 5.17. The first-order valence-corrected chi connectivity index (χ1v) is 9.09. The molecule has 2 amide bonds. The Hall–Kier alpha value is -3.66. The van der Waals surface area contributed by atoms with Crippen molar-refractivity contribution < 1.29 is 9.59 Å². The molecule has 0 unspecified atom stereocenters. The summed E-state index contributed by atoms with van der Waals surface area (Å²) in [6, 6.07) is 26.3. The van der Waals surface area contributed by atoms with Gasteiger partial charge in [0, 0.05) is 12.1 Å². The Morgan fingerprint density at radius 2 is 1.43 bits per heavy atom. The van der Waals surface area contributed by atoms with Gasteiger partial charge in [-0.1, -0.05) is 72.8 Å². The largest absolute Gasteiger partial charge is 0.348 e. The Labute approximate surface area is 164 Å². The Balaban J connectivity index is 1.70. The molecule has 0 radical (unpaired) electrons. The molecule has 28 heavy (non-hydrogen) atoms. The van der Waals surface area contributed by atoms with Gasteiger partial charge >= 0.3 is 0 Å². The number of amides is 2. The maximum atomic E-state index is 12.6. The van der Waals surface area contributed by atoms with Crippen molar-refractivity contribution in [2.24, 2.45) is 0 Å². The van der Waals surface area contributed by atoms with Crippen LogP contribution in [0.15, 0.2) is 90.5 Å². The highest BCUT2D eigenvalue weighted by Gasteiger charge is 2.13. The second-order valence-electron chi connectivity index (χ2n) is 6.41. The Morgan fingerprint density at radius 3 is 2.14 bits per heavy atom. The molecule has 3 aromatic carbocycles. The third-order valence-corrected chi connectivity index (χ3v) is 4.26. The van der Waals surface area contributed by atoms with E-state index in [0.29, 0.717) is 23.4 Å². The summed E-state index contributed by atoms with van der Waals surface area (Å²) in [5.41, 5.74) is 3.44. The maximum absolute atomic E-state index is 12.6. The van der Waals surface area contributed by atoms with Crippen LogP contribution in [0, 0.1) is 0 Å². The van der Waals surface area contributed by atoms with Crippen molar-refractivity contribution in [2.75, 3.05) is 5.32 Å². The monoisotopic (exact) mass is 370 g/mol. The number of carbonyl (C=O) groups excluding carboxylic acids is 2. The molecule has 0 saturated carbocycles. The van der Waals surface area contributed by atoms with Gasteiger partial charge in [-0.15, -0.1) is 0 Å². The number of hydrogen-bond donors (Lipinski definition) is 2. The molecule has 2 N–H and O–H groups in total. The summed E-state index contributed by atoms with van der Waals surface area (Å²) in [5.74, 6) is -0.475. The highest BCUT2D eigenvalue weighted by atomic mass is 16.2. The molecule has 0 saturated heterocycles. The van der Waals surface area contributed by atoms with Gasteiger partial charge < -0.3 is 10.6 Å². The van der Waals surface area contributed by atoms with E-state index < -0.39 is 0 Å². The molecular weight excluding hydrogens is 348 g/mol. The highest BCUT2D eigenvalue weighted by Crippen LogP contribution is 2.17. The quantitative estimate of drug-likeness (QED) is 0.620. The fourth-order valence-electron chi connectivity index (χ4n) is 2.75. The number of hydrogen-bond acceptors (Lipinski definition) is 2. The van der Waals surface area contributed by atoms with Crippen molar-refractivity contribution in [3.63, 3.8) is 0 Å². The highest BCUT2D eigenvalue weighted by molar-refractivity contribution is 6.10. The first-order chi connectivity index (χ1) is 13.6. The minimum absolute atomic E-state index is 0.232. The van der Waals surface area contributed by atoms with Crippen LogP contribution in [0.25, 0.3) is 6.08 Å². The van der Waals surface area contributed by atoms with Gasteiger partial charge in [-0.2, -0.15) is 0 Å². The van der Waals surface area contributed by atoms with Crippen LogP contribution in [0.5, 0.6) is 0 Å². The summed E-state index contributed by atoms with van der Waals surface area (Å²) in [7, 11) is 0. The van der Waals surface area contributed by atoms with Crippen LogP contribution < -0.4 is 10.6 Å². The van der Waals surface area contributed by atoms with Gasteiger partial charge in [0.25, 0.3) is 11.8 Å². The van der Waals surface area contributed by atoms with Crippen molar-refractivity contribution >= 4 is 23.6 Å². The summed E-state index contributed by atoms with van der Waals surface area (Å²) >= 11 is 0. The van der Waals surface area contributed by atoms with Crippen LogP contribution in [0.2, 0.25) is 0 Å². The smallest absolute Gasteiger partial charge is 0.253 e. The summed E-state index contributed by atoms with van der Waals surface area (Å²) in [5, 5.41) is 5.73. The minimum Gasteiger partial charge on any atom is -0.348 e. The zero-order valence-electron chi connectivity index (χ0n) is 15.7. The van der Waals surface area contributed by atoms with Crippen LogP contribution in [0.4, 0.5) is 5.69 Å². The van der Waals surface area contributed by atoms with E-state index in [0.717, 1.165) is 11.1 Å². The lowest BCUT2D eigenvalue weighted by molar-refractivity contribution is -0.112. The van der Waals surface area contributed by atoms with Gasteiger partial charge in [-0.05, 0) is 36.3 Å². The average molecular weight is 370 g/mol. The first-order valence-electron chi connectivity index (χ1n) is 9.09. The van der Waals surface area contributed by atoms with E-state index in [1.54, 1.807) is 31.2 Å². The van der Waals surface area contributed by atoms with Crippen LogP contribution in [0.1, 0.15) is 28.4 Å². The van der Waals surface area contributed by atoms with Crippen molar-refractivity contribution in [1.29, 1.82) is 0 Å². The Bertz CT molecular complexity index is 980. The zero-order valence-corrected chi connectivity index (χ0v) is 15.7. The van der Waals surface area contributed by atoms with Crippen LogP contribution in [-0.2, 0) is 11.3 Å². The molecule has 0 bridgehead atoms. The van der Waals surface area contributed by atoms with Crippen LogP contribution >= 0.6 is 0 Å². The van der Waals surface area contributed by atoms with E-state index >= 15 is 0 Å². The number of carbonyl (C=O) groups is 2. The third-order valence-electron chi connectivity index (χ3n) is 4.26. The Morgan fingerprint density at radius 1 is 0.821 bits per heavy atom. The molecule has 0 aromatic heterocycles. The van der Waals surface area contributed by atoms with Gasteiger partial charge in [0.2, 0.25) is 0 Å². The maximum Gasteiger partial charge on any atom is 0.253 e. The molecule has 4 heteroatoms. The molecule has 3 rings (SSSR count). The molecule has 3 aromatic rings. The van der Waals surface area contributed by atoms with Crippen molar-refractivity contribution in [1.82, 2.24) is 5.32 Å². The molecule has 0 heterocycles. The van der Waals surface area contributed by atoms with Gasteiger partial charge in [-0.25, -0.2) is 0 Å². The first kappa shape index (κ1) is 19.1. The predicted octanol–water partition coefficient (Wildman–Crippen LogP) is 4.66. The lowest BCUT2D eigenvalue weighted by Gasteiger charge is -2.12. The van der Waals surface area contributed by atoms with Crippen LogP contribution in [0.3, 0.4) is 0 Å². The van der Waals surface area contributed by atoms with E-state index in [9.17, 15) is 9.59 Å².